The van der Waals surface area contributed by atoms with Gasteiger partial charge in [0.25, 0.3) is 0 Å². The monoisotopic (exact) mass is 280 g/mol. The summed E-state index contributed by atoms with van der Waals surface area (Å²) >= 11 is 0. The Morgan fingerprint density at radius 3 is 2.45 bits per heavy atom. The van der Waals surface area contributed by atoms with Gasteiger partial charge in [-0.1, -0.05) is 18.7 Å². The second kappa shape index (κ2) is 8.47. The molecule has 1 aromatic rings. The van der Waals surface area contributed by atoms with Crippen LogP contribution in [0.2, 0.25) is 0 Å². The van der Waals surface area contributed by atoms with Gasteiger partial charge in [-0.2, -0.15) is 0 Å². The lowest BCUT2D eigenvalue weighted by molar-refractivity contribution is 0.0258. The van der Waals surface area contributed by atoms with Gasteiger partial charge in [-0.15, -0.1) is 0 Å². The van der Waals surface area contributed by atoms with E-state index in [0.29, 0.717) is 16.7 Å². The molecule has 1 aromatic carbocycles. The van der Waals surface area contributed by atoms with E-state index in [4.69, 9.17) is 14.6 Å². The van der Waals surface area contributed by atoms with Crippen molar-refractivity contribution in [3.05, 3.63) is 47.5 Å². The topological polar surface area (TPSA) is 76.0 Å². The highest BCUT2D eigenvalue weighted by Crippen LogP contribution is 2.20. The minimum Gasteiger partial charge on any atom is -0.460 e. The fourth-order valence-corrected chi connectivity index (χ4v) is 1.53. The number of aliphatic hydroxyl groups is 2. The largest absolute Gasteiger partial charge is 0.460 e. The molecule has 0 aliphatic heterocycles. The third-order valence-corrected chi connectivity index (χ3v) is 2.63. The Hall–Kier alpha value is -1.69. The first-order chi connectivity index (χ1) is 9.56. The normalized spacial score (nSPS) is 11.9. The maximum absolute atomic E-state index is 11.7. The summed E-state index contributed by atoms with van der Waals surface area (Å²) in [6.07, 6.45) is -0.730. The Balaban J connectivity index is 2.47. The van der Waals surface area contributed by atoms with E-state index in [9.17, 15) is 9.90 Å². The number of benzene rings is 1. The van der Waals surface area contributed by atoms with Crippen LogP contribution in [0.25, 0.3) is 0 Å². The summed E-state index contributed by atoms with van der Waals surface area (Å²) < 4.78 is 9.97. The van der Waals surface area contributed by atoms with Gasteiger partial charge in [0.15, 0.2) is 0 Å². The fourth-order valence-electron chi connectivity index (χ4n) is 1.53. The summed E-state index contributed by atoms with van der Waals surface area (Å²) in [7, 11) is 0. The number of rotatable bonds is 8. The van der Waals surface area contributed by atoms with Gasteiger partial charge in [-0.25, -0.2) is 4.79 Å². The van der Waals surface area contributed by atoms with Crippen LogP contribution in [0.4, 0.5) is 0 Å². The zero-order valence-corrected chi connectivity index (χ0v) is 11.5. The molecule has 0 aliphatic rings. The summed E-state index contributed by atoms with van der Waals surface area (Å²) in [6.45, 7) is 5.97. The van der Waals surface area contributed by atoms with Crippen molar-refractivity contribution in [3.63, 3.8) is 0 Å². The Labute approximate surface area is 118 Å². The van der Waals surface area contributed by atoms with Gasteiger partial charge < -0.3 is 19.7 Å². The summed E-state index contributed by atoms with van der Waals surface area (Å²) in [5.74, 6) is -0.450. The lowest BCUT2D eigenvalue weighted by atomic mass is 10.0. The average Bonchev–Trinajstić information content (AvgIpc) is 2.46. The van der Waals surface area contributed by atoms with Crippen molar-refractivity contribution in [3.8, 4) is 0 Å². The molecule has 0 aromatic heterocycles. The number of esters is 1. The van der Waals surface area contributed by atoms with Gasteiger partial charge in [0, 0.05) is 0 Å². The zero-order valence-electron chi connectivity index (χ0n) is 11.5. The molecular formula is C15H20O5. The number of ether oxygens (including phenoxy) is 2. The SMILES string of the molecule is C=C(C)C(O)c1ccc(C(=O)OCCOCCO)cc1. The maximum atomic E-state index is 11.7. The third kappa shape index (κ3) is 5.13. The third-order valence-electron chi connectivity index (χ3n) is 2.63. The predicted molar refractivity (Wildman–Crippen MR) is 74.4 cm³/mol. The summed E-state index contributed by atoms with van der Waals surface area (Å²) in [5, 5.41) is 18.3. The number of aliphatic hydroxyl groups excluding tert-OH is 2. The molecule has 20 heavy (non-hydrogen) atoms. The van der Waals surface area contributed by atoms with Crippen LogP contribution in [0, 0.1) is 0 Å². The van der Waals surface area contributed by atoms with Gasteiger partial charge in [0.05, 0.1) is 31.5 Å². The molecule has 2 N–H and O–H groups in total. The Morgan fingerprint density at radius 2 is 1.90 bits per heavy atom. The molecule has 0 amide bonds. The van der Waals surface area contributed by atoms with Gasteiger partial charge in [-0.05, 0) is 30.2 Å². The van der Waals surface area contributed by atoms with Crippen LogP contribution in [0.1, 0.15) is 28.9 Å². The molecule has 110 valence electrons. The number of carbonyl (C=O) groups excluding carboxylic acids is 1. The lowest BCUT2D eigenvalue weighted by Crippen LogP contribution is -2.12. The van der Waals surface area contributed by atoms with E-state index in [1.807, 2.05) is 0 Å². The van der Waals surface area contributed by atoms with Crippen LogP contribution in [0.3, 0.4) is 0 Å². The fraction of sp³-hybridized carbons (Fsp3) is 0.400. The molecule has 0 saturated heterocycles. The van der Waals surface area contributed by atoms with E-state index in [-0.39, 0.29) is 26.4 Å². The first-order valence-electron chi connectivity index (χ1n) is 6.35. The molecule has 0 saturated carbocycles. The molecule has 0 fully saturated rings. The molecule has 0 radical (unpaired) electrons. The number of hydrogen-bond donors (Lipinski definition) is 2. The van der Waals surface area contributed by atoms with E-state index in [1.165, 1.54) is 0 Å². The van der Waals surface area contributed by atoms with Crippen LogP contribution in [0.15, 0.2) is 36.4 Å². The number of hydrogen-bond acceptors (Lipinski definition) is 5. The van der Waals surface area contributed by atoms with Crippen molar-refractivity contribution < 1.29 is 24.5 Å². The van der Waals surface area contributed by atoms with Crippen molar-refractivity contribution in [2.24, 2.45) is 0 Å². The zero-order chi connectivity index (χ0) is 15.0. The van der Waals surface area contributed by atoms with E-state index < -0.39 is 12.1 Å². The van der Waals surface area contributed by atoms with Crippen molar-refractivity contribution in [2.45, 2.75) is 13.0 Å². The summed E-state index contributed by atoms with van der Waals surface area (Å²) in [4.78, 5) is 11.7. The molecule has 1 rings (SSSR count). The first kappa shape index (κ1) is 16.4. The lowest BCUT2D eigenvalue weighted by Gasteiger charge is -2.11. The standard InChI is InChI=1S/C15H20O5/c1-11(2)14(17)12-3-5-13(6-4-12)15(18)20-10-9-19-8-7-16/h3-6,14,16-17H,1,7-10H2,2H3. The van der Waals surface area contributed by atoms with Crippen LogP contribution in [-0.2, 0) is 9.47 Å². The van der Waals surface area contributed by atoms with Gasteiger partial charge in [0.2, 0.25) is 0 Å². The first-order valence-corrected chi connectivity index (χ1v) is 6.35. The van der Waals surface area contributed by atoms with Crippen LogP contribution in [0.5, 0.6) is 0 Å². The van der Waals surface area contributed by atoms with E-state index in [2.05, 4.69) is 6.58 Å². The Bertz CT molecular complexity index is 438. The molecule has 0 bridgehead atoms. The molecule has 0 spiro atoms. The van der Waals surface area contributed by atoms with E-state index >= 15 is 0 Å². The summed E-state index contributed by atoms with van der Waals surface area (Å²) in [6, 6.07) is 6.52. The predicted octanol–water partition coefficient (Wildman–Crippen LogP) is 1.46. The molecule has 0 heterocycles. The molecule has 5 nitrogen and oxygen atoms in total. The van der Waals surface area contributed by atoms with Crippen molar-refractivity contribution >= 4 is 5.97 Å². The van der Waals surface area contributed by atoms with Crippen molar-refractivity contribution in [1.29, 1.82) is 0 Å². The van der Waals surface area contributed by atoms with Crippen LogP contribution >= 0.6 is 0 Å². The average molecular weight is 280 g/mol. The minimum atomic E-state index is -0.730. The van der Waals surface area contributed by atoms with Gasteiger partial charge >= 0.3 is 5.97 Å². The smallest absolute Gasteiger partial charge is 0.338 e. The number of carbonyl (C=O) groups is 1. The molecular weight excluding hydrogens is 260 g/mol. The molecule has 0 aliphatic carbocycles. The van der Waals surface area contributed by atoms with Crippen molar-refractivity contribution in [1.82, 2.24) is 0 Å². The van der Waals surface area contributed by atoms with Crippen LogP contribution in [-0.4, -0.2) is 42.6 Å². The molecule has 1 unspecified atom stereocenters. The second-order valence-electron chi connectivity index (χ2n) is 4.34. The Kier molecular flexibility index (Phi) is 6.93. The van der Waals surface area contributed by atoms with Crippen LogP contribution < -0.4 is 0 Å². The highest BCUT2D eigenvalue weighted by atomic mass is 16.6. The van der Waals surface area contributed by atoms with E-state index in [1.54, 1.807) is 31.2 Å². The maximum Gasteiger partial charge on any atom is 0.338 e. The highest BCUT2D eigenvalue weighted by Gasteiger charge is 2.10. The minimum absolute atomic E-state index is 0.0551. The molecule has 1 atom stereocenters. The quantitative estimate of drug-likeness (QED) is 0.428. The molecule has 5 heteroatoms. The van der Waals surface area contributed by atoms with E-state index in [0.717, 1.165) is 0 Å². The Morgan fingerprint density at radius 1 is 1.25 bits per heavy atom. The van der Waals surface area contributed by atoms with Gasteiger partial charge in [0.1, 0.15) is 6.61 Å². The summed E-state index contributed by atoms with van der Waals surface area (Å²) in [5.41, 5.74) is 1.73. The second-order valence-corrected chi connectivity index (χ2v) is 4.34. The van der Waals surface area contributed by atoms with Crippen molar-refractivity contribution in [2.75, 3.05) is 26.4 Å². The highest BCUT2D eigenvalue weighted by molar-refractivity contribution is 5.89. The van der Waals surface area contributed by atoms with Gasteiger partial charge in [-0.3, -0.25) is 0 Å².